The number of benzene rings is 1. The van der Waals surface area contributed by atoms with Crippen LogP contribution < -0.4 is 10.1 Å². The summed E-state index contributed by atoms with van der Waals surface area (Å²) in [6, 6.07) is 6.84. The average Bonchev–Trinajstić information content (AvgIpc) is 2.81. The van der Waals surface area contributed by atoms with Gasteiger partial charge >= 0.3 is 5.97 Å². The first-order valence-electron chi connectivity index (χ1n) is 5.80. The zero-order chi connectivity index (χ0) is 13.8. The third kappa shape index (κ3) is 3.06. The molecule has 2 aromatic rings. The third-order valence-corrected chi connectivity index (χ3v) is 3.88. The number of carboxylic acid groups (broad SMARTS) is 1. The number of aromatic carboxylic acids is 1. The van der Waals surface area contributed by atoms with Crippen molar-refractivity contribution in [1.29, 1.82) is 0 Å². The molecule has 0 bridgehead atoms. The van der Waals surface area contributed by atoms with Crippen LogP contribution in [0.3, 0.4) is 0 Å². The number of anilines is 1. The molecule has 0 aliphatic rings. The molecule has 0 unspecified atom stereocenters. The van der Waals surface area contributed by atoms with Crippen molar-refractivity contribution in [3.63, 3.8) is 0 Å². The molecule has 0 aliphatic carbocycles. The molecule has 1 aromatic heterocycles. The van der Waals surface area contributed by atoms with E-state index in [1.165, 1.54) is 16.5 Å². The summed E-state index contributed by atoms with van der Waals surface area (Å²) >= 11 is 1.67. The van der Waals surface area contributed by atoms with Crippen molar-refractivity contribution in [2.75, 3.05) is 12.4 Å². The Morgan fingerprint density at radius 2 is 2.21 bits per heavy atom. The van der Waals surface area contributed by atoms with Crippen molar-refractivity contribution in [2.45, 2.75) is 13.5 Å². The summed E-state index contributed by atoms with van der Waals surface area (Å²) in [5.41, 5.74) is 2.16. The lowest BCUT2D eigenvalue weighted by Crippen LogP contribution is -2.03. The van der Waals surface area contributed by atoms with Crippen LogP contribution in [0.25, 0.3) is 0 Å². The molecule has 0 saturated carbocycles. The molecule has 0 aliphatic heterocycles. The minimum atomic E-state index is -0.946. The van der Waals surface area contributed by atoms with Crippen molar-refractivity contribution in [2.24, 2.45) is 0 Å². The largest absolute Gasteiger partial charge is 0.495 e. The topological polar surface area (TPSA) is 58.6 Å². The van der Waals surface area contributed by atoms with Gasteiger partial charge in [0.05, 0.1) is 18.4 Å². The number of carbonyl (C=O) groups is 1. The first kappa shape index (κ1) is 13.4. The summed E-state index contributed by atoms with van der Waals surface area (Å²) in [5, 5.41) is 14.3. The summed E-state index contributed by atoms with van der Waals surface area (Å²) in [4.78, 5) is 12.2. The number of ether oxygens (including phenoxy) is 1. The fourth-order valence-electron chi connectivity index (χ4n) is 1.74. The Morgan fingerprint density at radius 1 is 1.42 bits per heavy atom. The Kier molecular flexibility index (Phi) is 4.06. The third-order valence-electron chi connectivity index (χ3n) is 2.85. The van der Waals surface area contributed by atoms with Gasteiger partial charge in [-0.05, 0) is 42.1 Å². The van der Waals surface area contributed by atoms with E-state index < -0.39 is 5.97 Å². The van der Waals surface area contributed by atoms with E-state index in [9.17, 15) is 4.79 Å². The Balaban J connectivity index is 2.20. The van der Waals surface area contributed by atoms with Crippen molar-refractivity contribution < 1.29 is 14.6 Å². The molecule has 0 amide bonds. The maximum Gasteiger partial charge on any atom is 0.335 e. The van der Waals surface area contributed by atoms with Gasteiger partial charge in [-0.3, -0.25) is 0 Å². The molecule has 0 fully saturated rings. The highest BCUT2D eigenvalue weighted by atomic mass is 32.1. The van der Waals surface area contributed by atoms with Crippen LogP contribution in [-0.2, 0) is 6.54 Å². The van der Waals surface area contributed by atoms with Crippen LogP contribution in [-0.4, -0.2) is 18.2 Å². The highest BCUT2D eigenvalue weighted by molar-refractivity contribution is 7.10. The van der Waals surface area contributed by atoms with Crippen LogP contribution in [0.2, 0.25) is 0 Å². The van der Waals surface area contributed by atoms with Gasteiger partial charge in [-0.25, -0.2) is 4.79 Å². The van der Waals surface area contributed by atoms with Crippen LogP contribution in [0.5, 0.6) is 5.75 Å². The number of hydrogen-bond acceptors (Lipinski definition) is 4. The number of methoxy groups -OCH3 is 1. The summed E-state index contributed by atoms with van der Waals surface area (Å²) in [6.07, 6.45) is 0. The van der Waals surface area contributed by atoms with E-state index in [4.69, 9.17) is 9.84 Å². The van der Waals surface area contributed by atoms with Crippen LogP contribution >= 0.6 is 11.3 Å². The molecule has 0 saturated heterocycles. The molecular formula is C14H15NO3S. The van der Waals surface area contributed by atoms with Gasteiger partial charge in [-0.2, -0.15) is 0 Å². The smallest absolute Gasteiger partial charge is 0.335 e. The molecule has 5 heteroatoms. The Morgan fingerprint density at radius 3 is 2.79 bits per heavy atom. The molecule has 19 heavy (non-hydrogen) atoms. The number of rotatable bonds is 5. The van der Waals surface area contributed by atoms with E-state index >= 15 is 0 Å². The average molecular weight is 277 g/mol. The van der Waals surface area contributed by atoms with E-state index in [-0.39, 0.29) is 5.56 Å². The van der Waals surface area contributed by atoms with E-state index in [2.05, 4.69) is 18.3 Å². The SMILES string of the molecule is COc1ccc(C(=O)O)cc1NCc1sccc1C. The van der Waals surface area contributed by atoms with E-state index in [0.29, 0.717) is 18.0 Å². The number of carboxylic acids is 1. The summed E-state index contributed by atoms with van der Waals surface area (Å²) in [5.74, 6) is -0.308. The van der Waals surface area contributed by atoms with Crippen molar-refractivity contribution in [1.82, 2.24) is 0 Å². The molecule has 100 valence electrons. The predicted molar refractivity (Wildman–Crippen MR) is 76.3 cm³/mol. The lowest BCUT2D eigenvalue weighted by molar-refractivity contribution is 0.0697. The lowest BCUT2D eigenvalue weighted by Gasteiger charge is -2.11. The number of hydrogen-bond donors (Lipinski definition) is 2. The standard InChI is InChI=1S/C14H15NO3S/c1-9-5-6-19-13(9)8-15-11-7-10(14(16)17)3-4-12(11)18-2/h3-7,15H,8H2,1-2H3,(H,16,17). The number of nitrogens with one attached hydrogen (secondary N) is 1. The first-order chi connectivity index (χ1) is 9.11. The molecule has 1 heterocycles. The van der Waals surface area contributed by atoms with Crippen molar-refractivity contribution in [3.05, 3.63) is 45.6 Å². The number of aryl methyl sites for hydroxylation is 1. The van der Waals surface area contributed by atoms with Crippen LogP contribution in [0.15, 0.2) is 29.6 Å². The quantitative estimate of drug-likeness (QED) is 0.879. The van der Waals surface area contributed by atoms with Gasteiger partial charge in [0.2, 0.25) is 0 Å². The van der Waals surface area contributed by atoms with Gasteiger partial charge in [0.25, 0.3) is 0 Å². The highest BCUT2D eigenvalue weighted by Gasteiger charge is 2.09. The van der Waals surface area contributed by atoms with Crippen molar-refractivity contribution >= 4 is 23.0 Å². The maximum absolute atomic E-state index is 11.0. The minimum absolute atomic E-state index is 0.242. The Bertz CT molecular complexity index is 592. The van der Waals surface area contributed by atoms with Gasteiger partial charge in [0.1, 0.15) is 5.75 Å². The summed E-state index contributed by atoms with van der Waals surface area (Å²) in [6.45, 7) is 2.71. The van der Waals surface area contributed by atoms with Gasteiger partial charge < -0.3 is 15.2 Å². The van der Waals surface area contributed by atoms with Crippen LogP contribution in [0, 0.1) is 6.92 Å². The highest BCUT2D eigenvalue weighted by Crippen LogP contribution is 2.27. The fourth-order valence-corrected chi connectivity index (χ4v) is 2.59. The normalized spacial score (nSPS) is 10.2. The van der Waals surface area contributed by atoms with E-state index in [1.807, 2.05) is 5.38 Å². The summed E-state index contributed by atoms with van der Waals surface area (Å²) in [7, 11) is 1.57. The van der Waals surface area contributed by atoms with Gasteiger partial charge in [-0.15, -0.1) is 11.3 Å². The second kappa shape index (κ2) is 5.75. The molecule has 0 radical (unpaired) electrons. The van der Waals surface area contributed by atoms with Crippen LogP contribution in [0.4, 0.5) is 5.69 Å². The van der Waals surface area contributed by atoms with Gasteiger partial charge in [-0.1, -0.05) is 0 Å². The lowest BCUT2D eigenvalue weighted by atomic mass is 10.2. The molecule has 4 nitrogen and oxygen atoms in total. The number of thiophene rings is 1. The molecular weight excluding hydrogens is 262 g/mol. The van der Waals surface area contributed by atoms with E-state index in [0.717, 1.165) is 0 Å². The minimum Gasteiger partial charge on any atom is -0.495 e. The monoisotopic (exact) mass is 277 g/mol. The molecule has 2 N–H and O–H groups in total. The second-order valence-electron chi connectivity index (χ2n) is 4.10. The van der Waals surface area contributed by atoms with E-state index in [1.54, 1.807) is 30.6 Å². The zero-order valence-electron chi connectivity index (χ0n) is 10.8. The molecule has 2 rings (SSSR count). The van der Waals surface area contributed by atoms with Gasteiger partial charge in [0.15, 0.2) is 0 Å². The second-order valence-corrected chi connectivity index (χ2v) is 5.10. The molecule has 0 atom stereocenters. The Labute approximate surface area is 115 Å². The van der Waals surface area contributed by atoms with Crippen LogP contribution in [0.1, 0.15) is 20.8 Å². The molecule has 0 spiro atoms. The van der Waals surface area contributed by atoms with Crippen molar-refractivity contribution in [3.8, 4) is 5.75 Å². The maximum atomic E-state index is 11.0. The summed E-state index contributed by atoms with van der Waals surface area (Å²) < 4.78 is 5.23. The molecule has 1 aromatic carbocycles. The first-order valence-corrected chi connectivity index (χ1v) is 6.68. The fraction of sp³-hybridized carbons (Fsp3) is 0.214. The predicted octanol–water partition coefficient (Wildman–Crippen LogP) is 3.38. The zero-order valence-corrected chi connectivity index (χ0v) is 11.6. The van der Waals surface area contributed by atoms with Gasteiger partial charge in [0, 0.05) is 11.4 Å². The Hall–Kier alpha value is -2.01.